The minimum Gasteiger partial charge on any atom is -0.488 e. The van der Waals surface area contributed by atoms with Crippen LogP contribution in [0.4, 0.5) is 0 Å². The fraction of sp³-hybridized carbons (Fsp3) is 0.333. The maximum atomic E-state index is 10.8. The summed E-state index contributed by atoms with van der Waals surface area (Å²) in [5, 5.41) is 0. The molecule has 0 bridgehead atoms. The van der Waals surface area contributed by atoms with Gasteiger partial charge in [0.2, 0.25) is 0 Å². The third-order valence-corrected chi connectivity index (χ3v) is 1.35. The molecule has 1 rings (SSSR count). The van der Waals surface area contributed by atoms with Gasteiger partial charge in [0, 0.05) is 0 Å². The van der Waals surface area contributed by atoms with Crippen LogP contribution in [0.3, 0.4) is 0 Å². The van der Waals surface area contributed by atoms with E-state index in [1.54, 1.807) is 0 Å². The predicted molar refractivity (Wildman–Crippen MR) is 40.9 cm³/mol. The van der Waals surface area contributed by atoms with Crippen molar-refractivity contribution in [1.29, 1.82) is 0 Å². The molecule has 0 amide bonds. The number of carbonyl (C=O) groups is 4. The molecule has 0 aromatic carbocycles. The Labute approximate surface area is 83.6 Å². The lowest BCUT2D eigenvalue weighted by Crippen LogP contribution is -2.44. The van der Waals surface area contributed by atoms with Crippen molar-refractivity contribution in [2.24, 2.45) is 0 Å². The highest BCUT2D eigenvalue weighted by atomic mass is 16.7. The first kappa shape index (κ1) is 11.0. The molecule has 9 heteroatoms. The average Bonchev–Trinajstić information content (AvgIpc) is 2.22. The molecule has 80 valence electrons. The first-order chi connectivity index (χ1) is 7.04. The summed E-state index contributed by atoms with van der Waals surface area (Å²) in [6.07, 6.45) is 0. The number of hydrogen-bond donors (Lipinski definition) is 0. The van der Waals surface area contributed by atoms with E-state index in [0.29, 0.717) is 0 Å². The molecule has 1 fully saturated rings. The fourth-order valence-electron chi connectivity index (χ4n) is 0.713. The Kier molecular flexibility index (Phi) is 3.27. The molecule has 0 spiro atoms. The van der Waals surface area contributed by atoms with E-state index in [-0.39, 0.29) is 0 Å². The van der Waals surface area contributed by atoms with Gasteiger partial charge in [-0.25, -0.2) is 19.2 Å². The summed E-state index contributed by atoms with van der Waals surface area (Å²) in [5.74, 6) is -5.06. The lowest BCUT2D eigenvalue weighted by Gasteiger charge is -2.16. The molecule has 0 atom stereocenters. The second-order valence-corrected chi connectivity index (χ2v) is 2.33. The quantitative estimate of drug-likeness (QED) is 0.277. The van der Waals surface area contributed by atoms with Crippen molar-refractivity contribution in [1.82, 2.24) is 0 Å². The van der Waals surface area contributed by atoms with E-state index in [1.807, 2.05) is 0 Å². The standard InChI is InChI=1S/C6H5BO8/c1-12-3(8)5(10)14-7-2-13-4(9)6(11)15-7/h2H2,1H3. The van der Waals surface area contributed by atoms with Gasteiger partial charge in [-0.3, -0.25) is 0 Å². The maximum Gasteiger partial charge on any atom is 0.640 e. The van der Waals surface area contributed by atoms with Gasteiger partial charge in [-0.15, -0.1) is 0 Å². The van der Waals surface area contributed by atoms with E-state index in [4.69, 9.17) is 0 Å². The second-order valence-electron chi connectivity index (χ2n) is 2.33. The van der Waals surface area contributed by atoms with Gasteiger partial charge in [0.05, 0.1) is 7.11 Å². The van der Waals surface area contributed by atoms with Gasteiger partial charge in [0.15, 0.2) is 6.51 Å². The second kappa shape index (κ2) is 4.44. The van der Waals surface area contributed by atoms with Crippen LogP contribution >= 0.6 is 0 Å². The number of esters is 2. The van der Waals surface area contributed by atoms with Crippen molar-refractivity contribution in [3.63, 3.8) is 0 Å². The molecule has 0 unspecified atom stereocenters. The van der Waals surface area contributed by atoms with E-state index in [9.17, 15) is 19.2 Å². The van der Waals surface area contributed by atoms with Crippen LogP contribution < -0.4 is 0 Å². The van der Waals surface area contributed by atoms with Crippen LogP contribution in [0, 0.1) is 0 Å². The monoisotopic (exact) mass is 216 g/mol. The molecule has 1 saturated heterocycles. The van der Waals surface area contributed by atoms with Crippen LogP contribution in [-0.4, -0.2) is 44.6 Å². The van der Waals surface area contributed by atoms with Crippen LogP contribution in [0.5, 0.6) is 0 Å². The third-order valence-electron chi connectivity index (χ3n) is 1.35. The first-order valence-corrected chi connectivity index (χ1v) is 3.71. The van der Waals surface area contributed by atoms with Gasteiger partial charge in [0.1, 0.15) is 0 Å². The number of cyclic esters (lactones) is 1. The number of hydrogen-bond acceptors (Lipinski definition) is 8. The smallest absolute Gasteiger partial charge is 0.488 e. The van der Waals surface area contributed by atoms with Crippen LogP contribution in [0.1, 0.15) is 0 Å². The van der Waals surface area contributed by atoms with Gasteiger partial charge in [-0.05, 0) is 0 Å². The maximum absolute atomic E-state index is 10.8. The summed E-state index contributed by atoms with van der Waals surface area (Å²) < 4.78 is 16.9. The summed E-state index contributed by atoms with van der Waals surface area (Å²) in [6.45, 7) is -0.451. The van der Waals surface area contributed by atoms with Gasteiger partial charge >= 0.3 is 31.0 Å². The van der Waals surface area contributed by atoms with E-state index >= 15 is 0 Å². The molecule has 15 heavy (non-hydrogen) atoms. The van der Waals surface area contributed by atoms with Crippen molar-refractivity contribution in [3.05, 3.63) is 0 Å². The van der Waals surface area contributed by atoms with Crippen LogP contribution in [0.2, 0.25) is 0 Å². The molecule has 0 aliphatic carbocycles. The first-order valence-electron chi connectivity index (χ1n) is 3.71. The predicted octanol–water partition coefficient (Wildman–Crippen LogP) is -2.17. The Balaban J connectivity index is 2.47. The Morgan fingerprint density at radius 3 is 2.47 bits per heavy atom. The van der Waals surface area contributed by atoms with Gasteiger partial charge in [-0.2, -0.15) is 0 Å². The van der Waals surface area contributed by atoms with Crippen molar-refractivity contribution < 1.29 is 38.0 Å². The highest BCUT2D eigenvalue weighted by Crippen LogP contribution is 2.01. The average molecular weight is 216 g/mol. The van der Waals surface area contributed by atoms with Gasteiger partial charge < -0.3 is 18.8 Å². The van der Waals surface area contributed by atoms with E-state index < -0.39 is 37.5 Å². The highest BCUT2D eigenvalue weighted by molar-refractivity contribution is 6.56. The van der Waals surface area contributed by atoms with Crippen LogP contribution in [-0.2, 0) is 38.0 Å². The Morgan fingerprint density at radius 1 is 1.27 bits per heavy atom. The summed E-state index contributed by atoms with van der Waals surface area (Å²) >= 11 is 0. The molecule has 0 aromatic rings. The number of methoxy groups -OCH3 is 1. The lowest BCUT2D eigenvalue weighted by atomic mass is 9.91. The van der Waals surface area contributed by atoms with E-state index in [2.05, 4.69) is 18.8 Å². The largest absolute Gasteiger partial charge is 0.640 e. The molecule has 8 nitrogen and oxygen atoms in total. The number of carbonyl (C=O) groups excluding carboxylic acids is 4. The molecule has 1 heterocycles. The zero-order valence-corrected chi connectivity index (χ0v) is 7.55. The normalized spacial score (nSPS) is 15.1. The molecule has 1 aliphatic rings. The Bertz CT molecular complexity index is 323. The van der Waals surface area contributed by atoms with Gasteiger partial charge in [0.25, 0.3) is 0 Å². The van der Waals surface area contributed by atoms with Crippen molar-refractivity contribution in [2.45, 2.75) is 0 Å². The zero-order chi connectivity index (χ0) is 11.4. The van der Waals surface area contributed by atoms with Crippen molar-refractivity contribution in [2.75, 3.05) is 13.6 Å². The van der Waals surface area contributed by atoms with E-state index in [1.165, 1.54) is 0 Å². The van der Waals surface area contributed by atoms with Gasteiger partial charge in [-0.1, -0.05) is 0 Å². The van der Waals surface area contributed by atoms with Crippen molar-refractivity contribution >= 4 is 31.0 Å². The highest BCUT2D eigenvalue weighted by Gasteiger charge is 2.40. The van der Waals surface area contributed by atoms with Crippen molar-refractivity contribution in [3.8, 4) is 0 Å². The molecule has 0 radical (unpaired) electrons. The lowest BCUT2D eigenvalue weighted by molar-refractivity contribution is -0.169. The molecule has 0 saturated carbocycles. The molecule has 1 aliphatic heterocycles. The molecular weight excluding hydrogens is 211 g/mol. The summed E-state index contributed by atoms with van der Waals surface area (Å²) in [4.78, 5) is 42.5. The number of ether oxygens (including phenoxy) is 2. The minimum absolute atomic E-state index is 0.451. The number of rotatable bonds is 1. The summed E-state index contributed by atoms with van der Waals surface area (Å²) in [5.41, 5.74) is 0. The summed E-state index contributed by atoms with van der Waals surface area (Å²) in [6, 6.07) is 0. The van der Waals surface area contributed by atoms with E-state index in [0.717, 1.165) is 7.11 Å². The third kappa shape index (κ3) is 2.69. The SMILES string of the molecule is COC(=O)C(=O)OB1COC(=O)C(=O)O1. The summed E-state index contributed by atoms with van der Waals surface area (Å²) in [7, 11) is -0.432. The topological polar surface area (TPSA) is 105 Å². The Hall–Kier alpha value is -2.06. The molecular formula is C6H5BO8. The molecule has 0 aromatic heterocycles. The Morgan fingerprint density at radius 2 is 1.93 bits per heavy atom. The zero-order valence-electron chi connectivity index (χ0n) is 7.55. The van der Waals surface area contributed by atoms with Crippen LogP contribution in [0.25, 0.3) is 0 Å². The minimum atomic E-state index is -1.42. The fourth-order valence-corrected chi connectivity index (χ4v) is 0.713. The molecule has 0 N–H and O–H groups in total. The van der Waals surface area contributed by atoms with Crippen LogP contribution in [0.15, 0.2) is 0 Å².